The lowest BCUT2D eigenvalue weighted by Gasteiger charge is -2.32. The van der Waals surface area contributed by atoms with Gasteiger partial charge in [0, 0.05) is 57.9 Å². The molecule has 2 aliphatic heterocycles. The number of pyridine rings is 1. The lowest BCUT2D eigenvalue weighted by molar-refractivity contribution is 0.0662. The number of carbonyl (C=O) groups is 1. The molecule has 1 amide bonds. The van der Waals surface area contributed by atoms with E-state index in [1.807, 2.05) is 70.9 Å². The highest BCUT2D eigenvalue weighted by atomic mass is 19.1. The van der Waals surface area contributed by atoms with Crippen LogP contribution in [0.15, 0.2) is 84.3 Å². The summed E-state index contributed by atoms with van der Waals surface area (Å²) in [6.45, 7) is 3.67. The predicted molar refractivity (Wildman–Crippen MR) is 164 cm³/mol. The van der Waals surface area contributed by atoms with E-state index in [0.29, 0.717) is 43.1 Å². The minimum atomic E-state index is -0.609. The third kappa shape index (κ3) is 4.93. The maximum atomic E-state index is 15.8. The fourth-order valence-corrected chi connectivity index (χ4v) is 5.82. The number of aryl methyl sites for hydroxylation is 1. The number of halogens is 1. The number of ether oxygens (including phenoxy) is 1. The Hall–Kier alpha value is -4.96. The van der Waals surface area contributed by atoms with Gasteiger partial charge in [0.15, 0.2) is 17.3 Å². The summed E-state index contributed by atoms with van der Waals surface area (Å²) in [6.07, 6.45) is 7.66. The second-order valence-corrected chi connectivity index (χ2v) is 11.0. The molecule has 0 spiro atoms. The van der Waals surface area contributed by atoms with Crippen molar-refractivity contribution in [3.63, 3.8) is 0 Å². The monoisotopic (exact) mass is 578 g/mol. The number of benzene rings is 3. The summed E-state index contributed by atoms with van der Waals surface area (Å²) < 4.78 is 25.9. The minimum Gasteiger partial charge on any atom is -0.451 e. The van der Waals surface area contributed by atoms with Crippen LogP contribution in [0.25, 0.3) is 27.7 Å². The first-order chi connectivity index (χ1) is 21.0. The van der Waals surface area contributed by atoms with E-state index >= 15 is 4.39 Å². The number of hydrogen-bond donors (Lipinski definition) is 1. The average Bonchev–Trinajstić information content (AvgIpc) is 3.55. The van der Waals surface area contributed by atoms with Gasteiger partial charge >= 0.3 is 0 Å². The molecular weight excluding hydrogens is 547 g/mol. The molecule has 0 saturated carbocycles. The molecule has 5 aromatic rings. The molecule has 0 radical (unpaired) electrons. The van der Waals surface area contributed by atoms with Gasteiger partial charge < -0.3 is 29.0 Å². The van der Waals surface area contributed by atoms with Gasteiger partial charge in [-0.1, -0.05) is 36.4 Å². The fraction of sp³-hybridized carbons (Fsp3) is 0.242. The van der Waals surface area contributed by atoms with E-state index in [1.165, 1.54) is 6.07 Å². The molecule has 0 aliphatic carbocycles. The van der Waals surface area contributed by atoms with Crippen molar-refractivity contribution in [1.29, 1.82) is 0 Å². The van der Waals surface area contributed by atoms with Crippen molar-refractivity contribution in [2.45, 2.75) is 13.0 Å². The second kappa shape index (κ2) is 11.0. The van der Waals surface area contributed by atoms with Crippen LogP contribution in [-0.4, -0.2) is 69.6 Å². The summed E-state index contributed by atoms with van der Waals surface area (Å²) in [5, 5.41) is 3.30. The molecule has 1 fully saturated rings. The Kier molecular flexibility index (Phi) is 6.90. The Morgan fingerprint density at radius 2 is 1.86 bits per heavy atom. The molecule has 0 unspecified atom stereocenters. The van der Waals surface area contributed by atoms with Gasteiger partial charge in [0.25, 0.3) is 5.91 Å². The summed E-state index contributed by atoms with van der Waals surface area (Å²) in [5.41, 5.74) is 2.75. The molecule has 0 atom stereocenters. The molecule has 10 heteroatoms. The zero-order valence-corrected chi connectivity index (χ0v) is 23.8. The van der Waals surface area contributed by atoms with Crippen LogP contribution in [-0.2, 0) is 6.54 Å². The third-order valence-corrected chi connectivity index (χ3v) is 8.21. The van der Waals surface area contributed by atoms with Crippen LogP contribution in [0.3, 0.4) is 0 Å². The van der Waals surface area contributed by atoms with Crippen LogP contribution >= 0.6 is 0 Å². The van der Waals surface area contributed by atoms with Crippen molar-refractivity contribution >= 4 is 22.5 Å². The van der Waals surface area contributed by atoms with Crippen LogP contribution in [0.4, 0.5) is 10.1 Å². The van der Waals surface area contributed by atoms with Gasteiger partial charge in [-0.3, -0.25) is 9.59 Å². The van der Waals surface area contributed by atoms with Gasteiger partial charge in [0.1, 0.15) is 16.8 Å². The maximum absolute atomic E-state index is 15.8. The number of anilines is 1. The number of imidazole rings is 1. The van der Waals surface area contributed by atoms with E-state index in [2.05, 4.69) is 15.2 Å². The SMILES string of the molecule is CN1CCN(C(=O)c2cn3c4c(c(NCCCn5ccnc5)c(F)cc4c2=O)Oc2ccc(-c4ccccc4)cc2-3)CC1. The molecule has 1 saturated heterocycles. The van der Waals surface area contributed by atoms with Gasteiger partial charge in [0.2, 0.25) is 5.43 Å². The molecule has 7 rings (SSSR count). The van der Waals surface area contributed by atoms with Crippen molar-refractivity contribution in [2.75, 3.05) is 45.1 Å². The molecule has 43 heavy (non-hydrogen) atoms. The Morgan fingerprint density at radius 1 is 1.05 bits per heavy atom. The van der Waals surface area contributed by atoms with E-state index in [0.717, 1.165) is 30.6 Å². The van der Waals surface area contributed by atoms with Crippen LogP contribution in [0.5, 0.6) is 11.5 Å². The number of likely N-dealkylation sites (N-methyl/N-ethyl adjacent to an activating group) is 1. The zero-order chi connectivity index (χ0) is 29.5. The van der Waals surface area contributed by atoms with Crippen molar-refractivity contribution in [3.05, 3.63) is 101 Å². The summed E-state index contributed by atoms with van der Waals surface area (Å²) in [6, 6.07) is 16.9. The molecular formula is C33H31FN6O3. The number of amides is 1. The number of aromatic nitrogens is 3. The van der Waals surface area contributed by atoms with Crippen molar-refractivity contribution in [1.82, 2.24) is 23.9 Å². The molecule has 218 valence electrons. The van der Waals surface area contributed by atoms with Gasteiger partial charge in [-0.25, -0.2) is 9.37 Å². The highest BCUT2D eigenvalue weighted by Gasteiger charge is 2.30. The van der Waals surface area contributed by atoms with Crippen molar-refractivity contribution < 1.29 is 13.9 Å². The number of nitrogens with one attached hydrogen (secondary N) is 1. The highest BCUT2D eigenvalue weighted by Crippen LogP contribution is 2.46. The Morgan fingerprint density at radius 3 is 2.63 bits per heavy atom. The van der Waals surface area contributed by atoms with Crippen LogP contribution in [0.2, 0.25) is 0 Å². The lowest BCUT2D eigenvalue weighted by Crippen LogP contribution is -2.48. The van der Waals surface area contributed by atoms with Crippen LogP contribution in [0.1, 0.15) is 16.8 Å². The number of fused-ring (bicyclic) bond motifs is 2. The first-order valence-corrected chi connectivity index (χ1v) is 14.4. The second-order valence-electron chi connectivity index (χ2n) is 11.0. The summed E-state index contributed by atoms with van der Waals surface area (Å²) >= 11 is 0. The standard InChI is InChI=1S/C33H31FN6O3/c1-37-14-16-39(17-15-37)33(42)25-20-40-27-18-23(22-6-3-2-4-7-22)8-9-28(27)43-32-29(26(34)19-24(30(32)40)31(25)41)36-10-5-12-38-13-11-35-21-38/h2-4,6-9,11,13,18-21,36H,5,10,12,14-17H2,1H3. The Balaban J connectivity index is 1.35. The van der Waals surface area contributed by atoms with Gasteiger partial charge in [-0.15, -0.1) is 0 Å². The van der Waals surface area contributed by atoms with Gasteiger partial charge in [-0.05, 0) is 42.8 Å². The number of nitrogens with zero attached hydrogens (tertiary/aromatic N) is 5. The topological polar surface area (TPSA) is 84.6 Å². The van der Waals surface area contributed by atoms with Crippen molar-refractivity contribution in [3.8, 4) is 28.3 Å². The largest absolute Gasteiger partial charge is 0.451 e. The quantitative estimate of drug-likeness (QED) is 0.269. The molecule has 9 nitrogen and oxygen atoms in total. The van der Waals surface area contributed by atoms with E-state index in [9.17, 15) is 9.59 Å². The van der Waals surface area contributed by atoms with Gasteiger partial charge in [0.05, 0.1) is 17.4 Å². The molecule has 3 aromatic carbocycles. The first kappa shape index (κ1) is 26.9. The van der Waals surface area contributed by atoms with E-state index in [1.54, 1.807) is 23.6 Å². The number of hydrogen-bond acceptors (Lipinski definition) is 6. The Labute approximate surface area is 247 Å². The average molecular weight is 579 g/mol. The van der Waals surface area contributed by atoms with Crippen LogP contribution < -0.4 is 15.5 Å². The molecule has 2 aromatic heterocycles. The smallest absolute Gasteiger partial charge is 0.259 e. The summed E-state index contributed by atoms with van der Waals surface area (Å²) in [7, 11) is 2.01. The minimum absolute atomic E-state index is 0.0152. The third-order valence-electron chi connectivity index (χ3n) is 8.21. The number of piperazine rings is 1. The molecule has 1 N–H and O–H groups in total. The lowest BCUT2D eigenvalue weighted by atomic mass is 10.0. The maximum Gasteiger partial charge on any atom is 0.259 e. The van der Waals surface area contributed by atoms with E-state index < -0.39 is 11.2 Å². The fourth-order valence-electron chi connectivity index (χ4n) is 5.82. The normalized spacial score (nSPS) is 14.4. The van der Waals surface area contributed by atoms with Crippen LogP contribution in [0, 0.1) is 5.82 Å². The van der Waals surface area contributed by atoms with E-state index in [4.69, 9.17) is 4.74 Å². The molecule has 4 heterocycles. The zero-order valence-electron chi connectivity index (χ0n) is 23.8. The number of rotatable bonds is 7. The first-order valence-electron chi connectivity index (χ1n) is 14.4. The summed E-state index contributed by atoms with van der Waals surface area (Å²) in [4.78, 5) is 35.5. The molecule has 0 bridgehead atoms. The van der Waals surface area contributed by atoms with Gasteiger partial charge in [-0.2, -0.15) is 0 Å². The van der Waals surface area contributed by atoms with Crippen molar-refractivity contribution in [2.24, 2.45) is 0 Å². The van der Waals surface area contributed by atoms with E-state index in [-0.39, 0.29) is 28.3 Å². The Bertz CT molecular complexity index is 1880. The molecule has 2 aliphatic rings. The predicted octanol–water partition coefficient (Wildman–Crippen LogP) is 4.99. The number of carbonyl (C=O) groups excluding carboxylic acids is 1. The summed E-state index contributed by atoms with van der Waals surface area (Å²) in [5.74, 6) is -0.225. The highest BCUT2D eigenvalue weighted by molar-refractivity contribution is 6.01.